The zero-order valence-corrected chi connectivity index (χ0v) is 23.0. The van der Waals surface area contributed by atoms with Gasteiger partial charge in [0.15, 0.2) is 0 Å². The zero-order chi connectivity index (χ0) is 29.0. The Hall–Kier alpha value is -3.90. The molecule has 0 radical (unpaired) electrons. The van der Waals surface area contributed by atoms with Gasteiger partial charge in [-0.25, -0.2) is 13.8 Å². The summed E-state index contributed by atoms with van der Waals surface area (Å²) in [5, 5.41) is 2.83. The number of nitrogens with zero attached hydrogens (tertiary/aromatic N) is 5. The third-order valence-electron chi connectivity index (χ3n) is 6.47. The molecule has 1 N–H and O–H groups in total. The molecule has 3 amide bonds. The number of hydrogen-bond acceptors (Lipinski definition) is 7. The number of anilines is 1. The Morgan fingerprint density at radius 3 is 2.42 bits per heavy atom. The summed E-state index contributed by atoms with van der Waals surface area (Å²) in [6.45, 7) is 2.33. The van der Waals surface area contributed by atoms with Crippen molar-refractivity contribution in [3.8, 4) is 5.75 Å². The lowest BCUT2D eigenvalue weighted by atomic mass is 10.1. The molecule has 0 aromatic heterocycles. The summed E-state index contributed by atoms with van der Waals surface area (Å²) in [7, 11) is 3.65. The Bertz CT molecular complexity index is 1380. The highest BCUT2D eigenvalue weighted by molar-refractivity contribution is 6.40. The van der Waals surface area contributed by atoms with Crippen LogP contribution in [0.15, 0.2) is 46.4 Å². The van der Waals surface area contributed by atoms with Gasteiger partial charge in [-0.1, -0.05) is 11.6 Å². The van der Waals surface area contributed by atoms with E-state index in [-0.39, 0.29) is 39.4 Å². The van der Waals surface area contributed by atoms with E-state index < -0.39 is 24.2 Å². The molecule has 40 heavy (non-hydrogen) atoms. The Labute approximate surface area is 235 Å². The molecule has 0 bridgehead atoms. The molecular formula is C27H29ClF2N6O4. The Morgan fingerprint density at radius 1 is 1.10 bits per heavy atom. The predicted molar refractivity (Wildman–Crippen MR) is 148 cm³/mol. The summed E-state index contributed by atoms with van der Waals surface area (Å²) in [4.78, 5) is 52.0. The molecule has 1 fully saturated rings. The molecule has 2 heterocycles. The summed E-state index contributed by atoms with van der Waals surface area (Å²) in [5.41, 5.74) is -0.747. The fraction of sp³-hybridized carbons (Fsp3) is 0.370. The van der Waals surface area contributed by atoms with E-state index in [0.717, 1.165) is 6.07 Å². The number of halogens is 3. The molecule has 2 aromatic rings. The molecule has 13 heteroatoms. The maximum atomic E-state index is 14.5. The van der Waals surface area contributed by atoms with E-state index in [2.05, 4.69) is 20.0 Å². The first-order chi connectivity index (χ1) is 19.0. The van der Waals surface area contributed by atoms with Crippen LogP contribution in [0.4, 0.5) is 14.5 Å². The SMILES string of the molecule is CN(C)CC(=O)N1CCN(C(=O)c2ccc(NC(=O)C3(C)N=CC(c4ccc(OCF)cc4F)=N3)cc2Cl)CC1. The summed E-state index contributed by atoms with van der Waals surface area (Å²) < 4.78 is 31.5. The number of ether oxygens (including phenoxy) is 1. The van der Waals surface area contributed by atoms with E-state index in [1.54, 1.807) is 20.8 Å². The van der Waals surface area contributed by atoms with Crippen LogP contribution < -0.4 is 10.1 Å². The molecule has 1 atom stereocenters. The fourth-order valence-electron chi connectivity index (χ4n) is 4.29. The monoisotopic (exact) mass is 574 g/mol. The van der Waals surface area contributed by atoms with Gasteiger partial charge in [0.1, 0.15) is 11.6 Å². The molecular weight excluding hydrogens is 546 g/mol. The maximum absolute atomic E-state index is 14.5. The van der Waals surface area contributed by atoms with Crippen LogP contribution in [0.2, 0.25) is 5.02 Å². The van der Waals surface area contributed by atoms with Crippen LogP contribution in [0.1, 0.15) is 22.8 Å². The molecule has 4 rings (SSSR count). The lowest BCUT2D eigenvalue weighted by molar-refractivity contribution is -0.133. The second kappa shape index (κ2) is 12.1. The molecule has 0 saturated carbocycles. The van der Waals surface area contributed by atoms with Gasteiger partial charge in [-0.2, -0.15) is 0 Å². The van der Waals surface area contributed by atoms with Crippen LogP contribution >= 0.6 is 11.6 Å². The van der Waals surface area contributed by atoms with Crippen molar-refractivity contribution in [1.29, 1.82) is 0 Å². The number of nitrogens with one attached hydrogen (secondary N) is 1. The number of carbonyl (C=O) groups is 3. The highest BCUT2D eigenvalue weighted by atomic mass is 35.5. The van der Waals surface area contributed by atoms with Crippen LogP contribution in [0.25, 0.3) is 0 Å². The number of carbonyl (C=O) groups excluding carboxylic acids is 3. The van der Waals surface area contributed by atoms with Crippen LogP contribution in [0, 0.1) is 5.82 Å². The second-order valence-corrected chi connectivity index (χ2v) is 10.1. The van der Waals surface area contributed by atoms with Crippen molar-refractivity contribution in [2.45, 2.75) is 12.6 Å². The lowest BCUT2D eigenvalue weighted by Crippen LogP contribution is -2.52. The minimum Gasteiger partial charge on any atom is -0.463 e. The normalized spacial score (nSPS) is 18.6. The lowest BCUT2D eigenvalue weighted by Gasteiger charge is -2.35. The summed E-state index contributed by atoms with van der Waals surface area (Å²) in [6.07, 6.45) is 1.29. The van der Waals surface area contributed by atoms with E-state index >= 15 is 0 Å². The molecule has 0 aliphatic carbocycles. The topological polar surface area (TPSA) is 107 Å². The largest absolute Gasteiger partial charge is 0.463 e. The summed E-state index contributed by atoms with van der Waals surface area (Å²) in [6, 6.07) is 8.31. The minimum atomic E-state index is -1.57. The number of hydrogen-bond donors (Lipinski definition) is 1. The van der Waals surface area contributed by atoms with Gasteiger partial charge in [-0.15, -0.1) is 0 Å². The number of piperazine rings is 1. The van der Waals surface area contributed by atoms with E-state index in [4.69, 9.17) is 11.6 Å². The number of alkyl halides is 1. The van der Waals surface area contributed by atoms with Gasteiger partial charge in [0, 0.05) is 43.5 Å². The predicted octanol–water partition coefficient (Wildman–Crippen LogP) is 2.86. The van der Waals surface area contributed by atoms with Crippen molar-refractivity contribution in [2.24, 2.45) is 9.98 Å². The van der Waals surface area contributed by atoms with Gasteiger partial charge >= 0.3 is 0 Å². The number of benzene rings is 2. The average molecular weight is 575 g/mol. The third kappa shape index (κ3) is 6.45. The van der Waals surface area contributed by atoms with Gasteiger partial charge < -0.3 is 24.8 Å². The molecule has 1 unspecified atom stereocenters. The number of aliphatic imine (C=N–C) groups is 2. The van der Waals surface area contributed by atoms with Gasteiger partial charge in [-0.3, -0.25) is 19.4 Å². The third-order valence-corrected chi connectivity index (χ3v) is 6.79. The van der Waals surface area contributed by atoms with Gasteiger partial charge in [0.25, 0.3) is 11.8 Å². The van der Waals surface area contributed by atoms with Crippen LogP contribution in [-0.4, -0.2) is 104 Å². The van der Waals surface area contributed by atoms with E-state index in [0.29, 0.717) is 38.4 Å². The highest BCUT2D eigenvalue weighted by Crippen LogP contribution is 2.27. The smallest absolute Gasteiger partial charge is 0.274 e. The Balaban J connectivity index is 1.39. The fourth-order valence-corrected chi connectivity index (χ4v) is 4.55. The van der Waals surface area contributed by atoms with Gasteiger partial charge in [0.2, 0.25) is 18.4 Å². The maximum Gasteiger partial charge on any atom is 0.274 e. The molecule has 212 valence electrons. The Kier molecular flexibility index (Phi) is 8.79. The molecule has 2 aliphatic rings. The quantitative estimate of drug-likeness (QED) is 0.522. The first-order valence-corrected chi connectivity index (χ1v) is 12.8. The van der Waals surface area contributed by atoms with Gasteiger partial charge in [0.05, 0.1) is 29.1 Å². The zero-order valence-electron chi connectivity index (χ0n) is 22.3. The summed E-state index contributed by atoms with van der Waals surface area (Å²) >= 11 is 6.41. The molecule has 0 spiro atoms. The van der Waals surface area contributed by atoms with E-state index in [1.165, 1.54) is 37.4 Å². The second-order valence-electron chi connectivity index (χ2n) is 9.73. The molecule has 2 aliphatic heterocycles. The highest BCUT2D eigenvalue weighted by Gasteiger charge is 2.36. The van der Waals surface area contributed by atoms with Crippen molar-refractivity contribution < 1.29 is 27.9 Å². The van der Waals surface area contributed by atoms with E-state index in [9.17, 15) is 23.2 Å². The van der Waals surface area contributed by atoms with Crippen LogP contribution in [0.5, 0.6) is 5.75 Å². The number of rotatable bonds is 8. The van der Waals surface area contributed by atoms with Crippen molar-refractivity contribution >= 4 is 46.9 Å². The Morgan fingerprint density at radius 2 is 1.80 bits per heavy atom. The minimum absolute atomic E-state index is 0.0122. The van der Waals surface area contributed by atoms with Crippen molar-refractivity contribution in [1.82, 2.24) is 14.7 Å². The van der Waals surface area contributed by atoms with Crippen LogP contribution in [0.3, 0.4) is 0 Å². The average Bonchev–Trinajstić information content (AvgIpc) is 3.31. The number of amides is 3. The van der Waals surface area contributed by atoms with E-state index in [1.807, 2.05) is 14.1 Å². The summed E-state index contributed by atoms with van der Waals surface area (Å²) in [5.74, 6) is -1.53. The first-order valence-electron chi connectivity index (χ1n) is 12.5. The number of likely N-dealkylation sites (N-methyl/N-ethyl adjacent to an activating group) is 1. The van der Waals surface area contributed by atoms with Crippen molar-refractivity contribution in [2.75, 3.05) is 59.0 Å². The molecule has 2 aromatic carbocycles. The molecule has 1 saturated heterocycles. The van der Waals surface area contributed by atoms with Crippen molar-refractivity contribution in [3.05, 3.63) is 58.4 Å². The standard InChI is InChI=1S/C27H29ClF2N6O4/c1-27(31-14-23(33-27)20-7-5-18(40-16-29)13-22(20)30)26(39)32-17-4-6-19(21(28)12-17)25(38)36-10-8-35(9-11-36)24(37)15-34(2)3/h4-7,12-14H,8-11,15-16H2,1-3H3,(H,32,39). The van der Waals surface area contributed by atoms with Gasteiger partial charge in [-0.05, 0) is 51.4 Å². The van der Waals surface area contributed by atoms with Crippen molar-refractivity contribution in [3.63, 3.8) is 0 Å². The van der Waals surface area contributed by atoms with Crippen LogP contribution in [-0.2, 0) is 9.59 Å². The molecule has 10 nitrogen and oxygen atoms in total. The first kappa shape index (κ1) is 29.1.